The Morgan fingerprint density at radius 1 is 1.08 bits per heavy atom. The van der Waals surface area contributed by atoms with Gasteiger partial charge in [-0.3, -0.25) is 9.59 Å². The van der Waals surface area contributed by atoms with Gasteiger partial charge in [0.15, 0.2) is 11.5 Å². The number of ether oxygens (including phenoxy) is 2. The van der Waals surface area contributed by atoms with Crippen LogP contribution in [0, 0.1) is 0 Å². The molecular weight excluding hydrogens is 516 g/mol. The number of hydrogen-bond donors (Lipinski definition) is 1. The van der Waals surface area contributed by atoms with Crippen molar-refractivity contribution in [2.75, 3.05) is 25.1 Å². The summed E-state index contributed by atoms with van der Waals surface area (Å²) in [6.45, 7) is 6.26. The molecule has 7 nitrogen and oxygen atoms in total. The van der Waals surface area contributed by atoms with Crippen LogP contribution in [0.15, 0.2) is 60.7 Å². The number of benzene rings is 3. The lowest BCUT2D eigenvalue weighted by atomic mass is 9.84. The largest absolute Gasteiger partial charge is 0.493 e. The first-order valence-corrected chi connectivity index (χ1v) is 13.6. The molecule has 1 saturated heterocycles. The van der Waals surface area contributed by atoms with Gasteiger partial charge in [-0.2, -0.15) is 0 Å². The third-order valence-electron chi connectivity index (χ3n) is 7.38. The summed E-state index contributed by atoms with van der Waals surface area (Å²) in [6, 6.07) is 18.3. The molecule has 8 heteroatoms. The molecule has 3 aromatic carbocycles. The molecular formula is C31H33ClN2O5. The van der Waals surface area contributed by atoms with E-state index in [1.807, 2.05) is 81.4 Å². The first-order valence-electron chi connectivity index (χ1n) is 13.2. The van der Waals surface area contributed by atoms with Crippen molar-refractivity contribution in [3.8, 4) is 11.5 Å². The highest BCUT2D eigenvalue weighted by molar-refractivity contribution is 6.30. The number of amides is 2. The van der Waals surface area contributed by atoms with Gasteiger partial charge in [-0.1, -0.05) is 42.8 Å². The van der Waals surface area contributed by atoms with E-state index in [0.717, 1.165) is 22.3 Å². The van der Waals surface area contributed by atoms with Gasteiger partial charge in [0.1, 0.15) is 5.60 Å². The molecule has 1 fully saturated rings. The van der Waals surface area contributed by atoms with Gasteiger partial charge in [0.2, 0.25) is 11.8 Å². The molecule has 0 bridgehead atoms. The van der Waals surface area contributed by atoms with Crippen LogP contribution >= 0.6 is 11.6 Å². The normalized spacial score (nSPS) is 18.0. The number of rotatable bonds is 7. The number of hydrogen-bond acceptors (Lipinski definition) is 5. The Morgan fingerprint density at radius 3 is 2.33 bits per heavy atom. The molecule has 0 unspecified atom stereocenters. The van der Waals surface area contributed by atoms with Crippen molar-refractivity contribution in [3.63, 3.8) is 0 Å². The zero-order valence-corrected chi connectivity index (χ0v) is 23.4. The van der Waals surface area contributed by atoms with Crippen LogP contribution in [0.5, 0.6) is 11.5 Å². The fourth-order valence-corrected chi connectivity index (χ4v) is 5.55. The summed E-state index contributed by atoms with van der Waals surface area (Å²) in [5.41, 5.74) is 3.08. The smallest absolute Gasteiger partial charge is 0.232 e. The number of methoxy groups -OCH3 is 1. The summed E-state index contributed by atoms with van der Waals surface area (Å²) in [6.07, 6.45) is 0.563. The molecule has 2 heterocycles. The van der Waals surface area contributed by atoms with E-state index in [2.05, 4.69) is 0 Å². The quantitative estimate of drug-likeness (QED) is 0.436. The number of aliphatic hydroxyl groups is 1. The van der Waals surface area contributed by atoms with Crippen molar-refractivity contribution >= 4 is 29.1 Å². The fourth-order valence-electron chi connectivity index (χ4n) is 5.43. The molecule has 0 aliphatic carbocycles. The molecule has 1 atom stereocenters. The van der Waals surface area contributed by atoms with Gasteiger partial charge in [-0.15, -0.1) is 0 Å². The topological polar surface area (TPSA) is 79.3 Å². The van der Waals surface area contributed by atoms with Crippen LogP contribution in [-0.2, 0) is 21.6 Å². The maximum atomic E-state index is 13.7. The van der Waals surface area contributed by atoms with Gasteiger partial charge in [-0.25, -0.2) is 0 Å². The number of likely N-dealkylation sites (tertiary alicyclic amines) is 1. The average Bonchev–Trinajstić information content (AvgIpc) is 2.90. The third kappa shape index (κ3) is 5.09. The minimum Gasteiger partial charge on any atom is -0.493 e. The highest BCUT2D eigenvalue weighted by atomic mass is 35.5. The lowest BCUT2D eigenvalue weighted by Crippen LogP contribution is -2.61. The van der Waals surface area contributed by atoms with Crippen LogP contribution in [0.2, 0.25) is 5.02 Å². The van der Waals surface area contributed by atoms with E-state index >= 15 is 0 Å². The summed E-state index contributed by atoms with van der Waals surface area (Å²) in [4.78, 5) is 29.1. The molecule has 0 radical (unpaired) electrons. The molecule has 2 aliphatic rings. The highest BCUT2D eigenvalue weighted by Crippen LogP contribution is 2.44. The Labute approximate surface area is 233 Å². The van der Waals surface area contributed by atoms with E-state index in [-0.39, 0.29) is 37.4 Å². The maximum Gasteiger partial charge on any atom is 0.232 e. The van der Waals surface area contributed by atoms with Crippen LogP contribution in [0.1, 0.15) is 55.5 Å². The predicted molar refractivity (Wildman–Crippen MR) is 150 cm³/mol. The van der Waals surface area contributed by atoms with Crippen LogP contribution < -0.4 is 14.4 Å². The van der Waals surface area contributed by atoms with E-state index < -0.39 is 11.6 Å². The number of β-amino-alcohol motifs (C(OH)–C–C–N with tert-alkyl or cyclic N) is 1. The van der Waals surface area contributed by atoms with Crippen molar-refractivity contribution in [3.05, 3.63) is 87.9 Å². The number of carbonyl (C=O) groups excluding carboxylic acids is 2. The summed E-state index contributed by atoms with van der Waals surface area (Å²) in [5.74, 6) is 1.18. The summed E-state index contributed by atoms with van der Waals surface area (Å²) >= 11 is 6.21. The first kappa shape index (κ1) is 27.0. The van der Waals surface area contributed by atoms with Crippen LogP contribution in [0.3, 0.4) is 0 Å². The molecule has 0 saturated carbocycles. The van der Waals surface area contributed by atoms with E-state index in [4.69, 9.17) is 21.1 Å². The number of anilines is 1. The van der Waals surface area contributed by atoms with Crippen LogP contribution in [0.4, 0.5) is 5.69 Å². The summed E-state index contributed by atoms with van der Waals surface area (Å²) in [5, 5.41) is 11.7. The van der Waals surface area contributed by atoms with Crippen molar-refractivity contribution in [2.45, 2.75) is 51.4 Å². The van der Waals surface area contributed by atoms with E-state index in [1.54, 1.807) is 16.9 Å². The third-order valence-corrected chi connectivity index (χ3v) is 7.63. The Balaban J connectivity index is 1.55. The Hall–Kier alpha value is -3.55. The van der Waals surface area contributed by atoms with E-state index in [1.165, 1.54) is 0 Å². The van der Waals surface area contributed by atoms with Crippen LogP contribution in [-0.4, -0.2) is 48.1 Å². The molecule has 5 rings (SSSR count). The van der Waals surface area contributed by atoms with E-state index in [9.17, 15) is 14.7 Å². The maximum absolute atomic E-state index is 13.7. The lowest BCUT2D eigenvalue weighted by Gasteiger charge is -2.47. The minimum absolute atomic E-state index is 0.0251. The SMILES string of the molecule is CCC(=O)N1CC(O)(c2ccc(N3C(=O)Cc4cc(OC)c(OC(C)C)cc4[C@@H]3c3ccc(Cl)cc3)cc2)C1. The molecule has 3 aromatic rings. The molecule has 2 amide bonds. The molecule has 39 heavy (non-hydrogen) atoms. The van der Waals surface area contributed by atoms with Gasteiger partial charge in [-0.05, 0) is 72.5 Å². The molecule has 0 aromatic heterocycles. The number of halogens is 1. The second-order valence-corrected chi connectivity index (χ2v) is 10.9. The van der Waals surface area contributed by atoms with Gasteiger partial charge in [0.05, 0.1) is 38.8 Å². The minimum atomic E-state index is -1.09. The number of carbonyl (C=O) groups is 2. The zero-order chi connectivity index (χ0) is 27.9. The van der Waals surface area contributed by atoms with Crippen molar-refractivity contribution < 1.29 is 24.2 Å². The second kappa shape index (κ2) is 10.5. The summed E-state index contributed by atoms with van der Waals surface area (Å²) in [7, 11) is 1.59. The summed E-state index contributed by atoms with van der Waals surface area (Å²) < 4.78 is 11.7. The number of nitrogens with zero attached hydrogens (tertiary/aromatic N) is 2. The molecule has 0 spiro atoms. The Morgan fingerprint density at radius 2 is 1.74 bits per heavy atom. The zero-order valence-electron chi connectivity index (χ0n) is 22.6. The van der Waals surface area contributed by atoms with Gasteiger partial charge >= 0.3 is 0 Å². The predicted octanol–water partition coefficient (Wildman–Crippen LogP) is 5.25. The second-order valence-electron chi connectivity index (χ2n) is 10.4. The molecule has 204 valence electrons. The van der Waals surface area contributed by atoms with Crippen LogP contribution in [0.25, 0.3) is 0 Å². The Kier molecular flexibility index (Phi) is 7.31. The molecule has 1 N–H and O–H groups in total. The van der Waals surface area contributed by atoms with Gasteiger partial charge in [0.25, 0.3) is 0 Å². The monoisotopic (exact) mass is 548 g/mol. The molecule has 2 aliphatic heterocycles. The first-order chi connectivity index (χ1) is 18.6. The average molecular weight is 549 g/mol. The highest BCUT2D eigenvalue weighted by Gasteiger charge is 2.44. The van der Waals surface area contributed by atoms with Crippen molar-refractivity contribution in [2.24, 2.45) is 0 Å². The van der Waals surface area contributed by atoms with E-state index in [0.29, 0.717) is 28.6 Å². The number of fused-ring (bicyclic) bond motifs is 1. The van der Waals surface area contributed by atoms with Gasteiger partial charge < -0.3 is 24.4 Å². The fraction of sp³-hybridized carbons (Fsp3) is 0.355. The van der Waals surface area contributed by atoms with Crippen molar-refractivity contribution in [1.29, 1.82) is 0 Å². The Bertz CT molecular complexity index is 1380. The lowest BCUT2D eigenvalue weighted by molar-refractivity contribution is -0.156. The van der Waals surface area contributed by atoms with Crippen molar-refractivity contribution in [1.82, 2.24) is 4.90 Å². The van der Waals surface area contributed by atoms with Gasteiger partial charge in [0, 0.05) is 17.1 Å². The standard InChI is InChI=1S/C31H33ClN2O5/c1-5-28(35)33-17-31(37,18-33)22-8-12-24(13-9-22)34-29(36)15-21-14-26(38-4)27(39-19(2)3)16-25(21)30(34)20-6-10-23(32)11-7-20/h6-14,16,19,30,37H,5,15,17-18H2,1-4H3/t30-/m0/s1.